The first-order valence-electron chi connectivity index (χ1n) is 5.40. The van der Waals surface area contributed by atoms with E-state index >= 15 is 0 Å². The van der Waals surface area contributed by atoms with Gasteiger partial charge in [-0.1, -0.05) is 24.3 Å². The van der Waals surface area contributed by atoms with E-state index in [0.717, 1.165) is 24.4 Å². The van der Waals surface area contributed by atoms with Crippen molar-refractivity contribution >= 4 is 5.97 Å². The fourth-order valence-corrected chi connectivity index (χ4v) is 1.99. The van der Waals surface area contributed by atoms with E-state index in [0.29, 0.717) is 0 Å². The number of alkyl halides is 3. The summed E-state index contributed by atoms with van der Waals surface area (Å²) in [6, 6.07) is 5.08. The molecule has 2 rings (SSSR count). The maximum atomic E-state index is 13.4. The summed E-state index contributed by atoms with van der Waals surface area (Å²) >= 11 is 0. The van der Waals surface area contributed by atoms with Crippen molar-refractivity contribution in [2.75, 3.05) is 0 Å². The fraction of sp³-hybridized carbons (Fsp3) is 0.154. The molecule has 100 valence electrons. The van der Waals surface area contributed by atoms with Crippen LogP contribution in [0.3, 0.4) is 0 Å². The van der Waals surface area contributed by atoms with Crippen LogP contribution in [-0.2, 0) is 5.54 Å². The zero-order chi connectivity index (χ0) is 14.1. The van der Waals surface area contributed by atoms with Gasteiger partial charge in [0.05, 0.1) is 5.56 Å². The van der Waals surface area contributed by atoms with Crippen LogP contribution in [0.2, 0.25) is 0 Å². The van der Waals surface area contributed by atoms with Crippen LogP contribution in [0.15, 0.2) is 48.7 Å². The first-order valence-corrected chi connectivity index (χ1v) is 5.40. The van der Waals surface area contributed by atoms with Crippen molar-refractivity contribution in [3.8, 4) is 0 Å². The van der Waals surface area contributed by atoms with Gasteiger partial charge in [0.2, 0.25) is 0 Å². The number of hydrogen-bond acceptors (Lipinski definition) is 2. The first-order chi connectivity index (χ1) is 8.88. The van der Waals surface area contributed by atoms with E-state index in [-0.39, 0.29) is 11.1 Å². The van der Waals surface area contributed by atoms with Crippen LogP contribution in [0.1, 0.15) is 15.9 Å². The molecule has 0 amide bonds. The maximum Gasteiger partial charge on any atom is 0.419 e. The standard InChI is InChI=1S/C13H10F3NO2/c14-13(15,16)12(7-3-4-8-17-12)10-6-2-1-5-9(10)11(18)19/h1-8,17H,(H,18,19). The van der Waals surface area contributed by atoms with E-state index in [4.69, 9.17) is 5.11 Å². The second-order valence-corrected chi connectivity index (χ2v) is 4.02. The molecule has 0 aromatic heterocycles. The monoisotopic (exact) mass is 269 g/mol. The van der Waals surface area contributed by atoms with Crippen molar-refractivity contribution in [2.45, 2.75) is 11.7 Å². The van der Waals surface area contributed by atoms with Gasteiger partial charge < -0.3 is 10.4 Å². The molecule has 0 radical (unpaired) electrons. The zero-order valence-corrected chi connectivity index (χ0v) is 9.61. The molecular formula is C13H10F3NO2. The van der Waals surface area contributed by atoms with Crippen LogP contribution in [0.25, 0.3) is 0 Å². The van der Waals surface area contributed by atoms with Gasteiger partial charge in [-0.05, 0) is 24.4 Å². The van der Waals surface area contributed by atoms with Crippen LogP contribution in [-0.4, -0.2) is 17.3 Å². The molecule has 1 aromatic carbocycles. The Bertz CT molecular complexity index is 563. The Morgan fingerprint density at radius 2 is 1.89 bits per heavy atom. The molecule has 19 heavy (non-hydrogen) atoms. The normalized spacial score (nSPS) is 22.1. The van der Waals surface area contributed by atoms with E-state index in [2.05, 4.69) is 5.32 Å². The average molecular weight is 269 g/mol. The van der Waals surface area contributed by atoms with Gasteiger partial charge in [-0.25, -0.2) is 4.79 Å². The average Bonchev–Trinajstić information content (AvgIpc) is 2.38. The number of rotatable bonds is 2. The third-order valence-electron chi connectivity index (χ3n) is 2.89. The predicted molar refractivity (Wildman–Crippen MR) is 62.6 cm³/mol. The summed E-state index contributed by atoms with van der Waals surface area (Å²) in [5.74, 6) is -1.40. The Morgan fingerprint density at radius 1 is 1.21 bits per heavy atom. The highest BCUT2D eigenvalue weighted by atomic mass is 19.4. The van der Waals surface area contributed by atoms with Crippen molar-refractivity contribution in [3.05, 3.63) is 59.8 Å². The Balaban J connectivity index is 2.68. The van der Waals surface area contributed by atoms with E-state index in [1.165, 1.54) is 24.3 Å². The quantitative estimate of drug-likeness (QED) is 0.868. The van der Waals surface area contributed by atoms with Gasteiger partial charge in [-0.2, -0.15) is 13.2 Å². The second kappa shape index (κ2) is 4.46. The summed E-state index contributed by atoms with van der Waals surface area (Å²) < 4.78 is 40.2. The summed E-state index contributed by atoms with van der Waals surface area (Å²) in [5.41, 5.74) is -3.24. The number of nitrogens with one attached hydrogen (secondary N) is 1. The lowest BCUT2D eigenvalue weighted by atomic mass is 9.84. The van der Waals surface area contributed by atoms with Crippen molar-refractivity contribution in [1.29, 1.82) is 0 Å². The largest absolute Gasteiger partial charge is 0.478 e. The minimum atomic E-state index is -4.67. The highest BCUT2D eigenvalue weighted by Crippen LogP contribution is 2.42. The number of carbonyl (C=O) groups is 1. The summed E-state index contributed by atoms with van der Waals surface area (Å²) in [5, 5.41) is 11.3. The predicted octanol–water partition coefficient (Wildman–Crippen LogP) is 2.82. The molecule has 0 saturated heterocycles. The minimum absolute atomic E-state index is 0.337. The molecule has 0 fully saturated rings. The number of benzene rings is 1. The third-order valence-corrected chi connectivity index (χ3v) is 2.89. The molecule has 0 spiro atoms. The summed E-state index contributed by atoms with van der Waals surface area (Å²) in [6.45, 7) is 0. The van der Waals surface area contributed by atoms with Gasteiger partial charge in [0.1, 0.15) is 0 Å². The molecule has 1 heterocycles. The van der Waals surface area contributed by atoms with Gasteiger partial charge in [0, 0.05) is 5.56 Å². The number of hydrogen-bond donors (Lipinski definition) is 2. The number of aromatic carboxylic acids is 1. The van der Waals surface area contributed by atoms with Crippen molar-refractivity contribution in [2.24, 2.45) is 0 Å². The molecule has 6 heteroatoms. The van der Waals surface area contributed by atoms with Gasteiger partial charge in [0.25, 0.3) is 0 Å². The Kier molecular flexibility index (Phi) is 3.09. The SMILES string of the molecule is O=C(O)c1ccccc1C1(C(F)(F)F)C=CC=CN1. The van der Waals surface area contributed by atoms with E-state index in [1.54, 1.807) is 0 Å². The van der Waals surface area contributed by atoms with Gasteiger partial charge in [-0.15, -0.1) is 0 Å². The van der Waals surface area contributed by atoms with Crippen LogP contribution < -0.4 is 5.32 Å². The first kappa shape index (κ1) is 13.2. The lowest BCUT2D eigenvalue weighted by Crippen LogP contribution is -2.52. The van der Waals surface area contributed by atoms with E-state index in [1.807, 2.05) is 0 Å². The number of halogens is 3. The van der Waals surface area contributed by atoms with Crippen LogP contribution in [0.4, 0.5) is 13.2 Å². The summed E-state index contributed by atoms with van der Waals surface area (Å²) in [6.07, 6.45) is 0.0384. The van der Waals surface area contributed by atoms with Gasteiger partial charge in [0.15, 0.2) is 5.54 Å². The molecule has 0 bridgehead atoms. The molecule has 0 aliphatic carbocycles. The molecular weight excluding hydrogens is 259 g/mol. The molecule has 1 aliphatic heterocycles. The highest BCUT2D eigenvalue weighted by Gasteiger charge is 2.55. The van der Waals surface area contributed by atoms with Gasteiger partial charge >= 0.3 is 12.1 Å². The number of dihydropyridines is 1. The van der Waals surface area contributed by atoms with E-state index in [9.17, 15) is 18.0 Å². The fourth-order valence-electron chi connectivity index (χ4n) is 1.99. The molecule has 3 nitrogen and oxygen atoms in total. The Morgan fingerprint density at radius 3 is 2.42 bits per heavy atom. The van der Waals surface area contributed by atoms with Crippen LogP contribution >= 0.6 is 0 Å². The maximum absolute atomic E-state index is 13.4. The molecule has 1 aromatic rings. The second-order valence-electron chi connectivity index (χ2n) is 4.02. The number of carboxylic acids is 1. The molecule has 1 atom stereocenters. The van der Waals surface area contributed by atoms with Crippen molar-refractivity contribution in [1.82, 2.24) is 5.32 Å². The summed E-state index contributed by atoms with van der Waals surface area (Å²) in [7, 11) is 0. The highest BCUT2D eigenvalue weighted by molar-refractivity contribution is 5.90. The van der Waals surface area contributed by atoms with Crippen molar-refractivity contribution in [3.63, 3.8) is 0 Å². The van der Waals surface area contributed by atoms with Crippen LogP contribution in [0, 0.1) is 0 Å². The molecule has 1 unspecified atom stereocenters. The number of allylic oxidation sites excluding steroid dienone is 2. The topological polar surface area (TPSA) is 49.3 Å². The molecule has 1 aliphatic rings. The molecule has 2 N–H and O–H groups in total. The van der Waals surface area contributed by atoms with Crippen molar-refractivity contribution < 1.29 is 23.1 Å². The van der Waals surface area contributed by atoms with Gasteiger partial charge in [-0.3, -0.25) is 0 Å². The summed E-state index contributed by atoms with van der Waals surface area (Å²) in [4.78, 5) is 11.1. The smallest absolute Gasteiger partial charge is 0.419 e. The third kappa shape index (κ3) is 2.09. The minimum Gasteiger partial charge on any atom is -0.478 e. The van der Waals surface area contributed by atoms with E-state index < -0.39 is 17.7 Å². The Labute approximate surface area is 107 Å². The van der Waals surface area contributed by atoms with Crippen LogP contribution in [0.5, 0.6) is 0 Å². The lowest BCUT2D eigenvalue weighted by molar-refractivity contribution is -0.182. The lowest BCUT2D eigenvalue weighted by Gasteiger charge is -2.36. The number of carboxylic acid groups (broad SMARTS) is 1. The Hall–Kier alpha value is -2.24. The zero-order valence-electron chi connectivity index (χ0n) is 9.61. The molecule has 0 saturated carbocycles.